The van der Waals surface area contributed by atoms with Crippen LogP contribution < -0.4 is 0 Å². The maximum atomic E-state index is 13.9. The summed E-state index contributed by atoms with van der Waals surface area (Å²) in [5.74, 6) is -5.74. The molecule has 412 valence electrons. The van der Waals surface area contributed by atoms with Crippen molar-refractivity contribution in [1.82, 2.24) is 0 Å². The Morgan fingerprint density at radius 2 is 1.36 bits per heavy atom. The van der Waals surface area contributed by atoms with Crippen LogP contribution in [0.5, 0.6) is 0 Å². The van der Waals surface area contributed by atoms with Crippen molar-refractivity contribution in [2.45, 2.75) is 204 Å². The van der Waals surface area contributed by atoms with Gasteiger partial charge in [0.05, 0.1) is 36.9 Å². The van der Waals surface area contributed by atoms with Gasteiger partial charge in [-0.1, -0.05) is 138 Å². The third-order valence-electron chi connectivity index (χ3n) is 12.2. The number of Topliss-reactive ketones (excluding diaryl/α,β-unsaturated/α-hetero) is 1. The molecule has 1 saturated carbocycles. The number of allylic oxidation sites excluding steroid dienone is 10. The molecule has 0 radical (unpaired) electrons. The van der Waals surface area contributed by atoms with Gasteiger partial charge >= 0.3 is 27.6 Å². The number of cyclic esters (lactones) is 1. The number of aliphatic hydroxyl groups is 6. The van der Waals surface area contributed by atoms with Gasteiger partial charge in [0.25, 0.3) is 0 Å². The van der Waals surface area contributed by atoms with Crippen molar-refractivity contribution < 1.29 is 91.9 Å². The van der Waals surface area contributed by atoms with Crippen molar-refractivity contribution in [3.63, 3.8) is 0 Å². The van der Waals surface area contributed by atoms with Gasteiger partial charge < -0.3 is 54.8 Å². The van der Waals surface area contributed by atoms with E-state index < -0.39 is 120 Å². The lowest BCUT2D eigenvalue weighted by Crippen LogP contribution is -2.56. The minimum Gasteiger partial charge on any atom is -0.462 e. The summed E-state index contributed by atoms with van der Waals surface area (Å²) in [6.07, 6.45) is 14.3. The third-order valence-corrected chi connectivity index (χ3v) is 13.7. The molecule has 72 heavy (non-hydrogen) atoms. The molecule has 21 heteroatoms. The summed E-state index contributed by atoms with van der Waals surface area (Å²) in [6, 6.07) is 0. The van der Waals surface area contributed by atoms with E-state index in [1.807, 2.05) is 25.2 Å². The van der Waals surface area contributed by atoms with Crippen LogP contribution >= 0.6 is 15.6 Å². The van der Waals surface area contributed by atoms with Gasteiger partial charge in [0.15, 0.2) is 6.10 Å². The predicted molar refractivity (Wildman–Crippen MR) is 270 cm³/mol. The molecule has 1 aliphatic carbocycles. The quantitative estimate of drug-likeness (QED) is 0.0193. The van der Waals surface area contributed by atoms with E-state index >= 15 is 0 Å². The summed E-state index contributed by atoms with van der Waals surface area (Å²) >= 11 is 0. The smallest absolute Gasteiger partial charge is 0.462 e. The number of hydrogen-bond donors (Lipinski definition) is 9. The molecule has 2 bridgehead atoms. The number of ether oxygens (including phenoxy) is 2. The SMILES string of the molecule is CCCCC/C=C\C/C=C\C/C=C\C/C=C\C/C=C\CCC(=O)OC[C@@H]1COP(=O)(O)O[C@H]2[C@H](O)[C@@H](O)[C@H](O)[C@@H](CCCCCCC(=O)O1)[C@@H](O)CC(=O)[C@H](C=C[C@@H](O)CCCCC)[C@@H](O)[C@H]2OP(=O)(O)O. The lowest BCUT2D eigenvalue weighted by Gasteiger charge is -2.38. The normalized spacial score (nSPS) is 29.9. The first-order chi connectivity index (χ1) is 34.3. The Morgan fingerprint density at radius 1 is 0.778 bits per heavy atom. The Morgan fingerprint density at radius 3 is 1.97 bits per heavy atom. The average Bonchev–Trinajstić information content (AvgIpc) is 3.32. The van der Waals surface area contributed by atoms with Gasteiger partial charge in [-0.15, -0.1) is 0 Å². The number of carbonyl (C=O) groups is 3. The highest BCUT2D eigenvalue weighted by Gasteiger charge is 2.51. The van der Waals surface area contributed by atoms with Crippen LogP contribution in [0.3, 0.4) is 0 Å². The van der Waals surface area contributed by atoms with E-state index in [-0.39, 0.29) is 38.5 Å². The number of ketones is 1. The molecule has 1 saturated heterocycles. The molecule has 12 atom stereocenters. The van der Waals surface area contributed by atoms with Crippen molar-refractivity contribution >= 4 is 33.4 Å². The summed E-state index contributed by atoms with van der Waals surface area (Å²) in [5, 5.41) is 68.1. The van der Waals surface area contributed by atoms with E-state index in [1.54, 1.807) is 6.08 Å². The lowest BCUT2D eigenvalue weighted by atomic mass is 9.82. The standard InChI is InChI=1S/C51H84O19P2/c1-3-5-7-8-9-10-11-12-13-14-15-16-17-18-19-20-21-22-27-31-44(55)66-36-39-37-67-72(64,65)70-51-49(60)48(59)46(57)40(30-26-23-24-28-32-45(56)68-39)42(53)35-43(54)41(34-33-38(52)29-25-6-4-2)47(58)50(51)69-71(61,62)63/h9-10,12-13,15-16,18-19,21-22,33-34,38-42,46-53,57-60H,3-8,11,14,17,20,23-32,35-37H2,1-2H3,(H,64,65)(H2,61,62,63)/b10-9-,13-12-,16-15-,19-18-,22-21-,34-33?/t38-,39+,40-,41-,42-,46+,47+,48-,49+,50+,51-/m0/s1. The molecule has 9 N–H and O–H groups in total. The van der Waals surface area contributed by atoms with Gasteiger partial charge in [0, 0.05) is 25.2 Å². The molecule has 0 aromatic carbocycles. The second kappa shape index (κ2) is 36.9. The number of rotatable bonds is 25. The first-order valence-corrected chi connectivity index (χ1v) is 28.6. The molecule has 2 rings (SSSR count). The zero-order valence-electron chi connectivity index (χ0n) is 42.0. The van der Waals surface area contributed by atoms with Crippen molar-refractivity contribution in [2.24, 2.45) is 11.8 Å². The van der Waals surface area contributed by atoms with Gasteiger partial charge in [-0.05, 0) is 64.2 Å². The van der Waals surface area contributed by atoms with Gasteiger partial charge in [-0.25, -0.2) is 9.13 Å². The predicted octanol–water partition coefficient (Wildman–Crippen LogP) is 6.98. The molecule has 19 nitrogen and oxygen atoms in total. The van der Waals surface area contributed by atoms with Crippen molar-refractivity contribution in [1.29, 1.82) is 0 Å². The first-order valence-electron chi connectivity index (χ1n) is 25.6. The average molecular weight is 1060 g/mol. The number of phosphoric acid groups is 2. The van der Waals surface area contributed by atoms with Crippen LogP contribution in [0.4, 0.5) is 0 Å². The molecule has 2 aliphatic rings. The minimum atomic E-state index is -5.80. The van der Waals surface area contributed by atoms with Crippen molar-refractivity contribution in [2.75, 3.05) is 13.2 Å². The zero-order valence-corrected chi connectivity index (χ0v) is 43.8. The Bertz CT molecular complexity index is 1830. The fourth-order valence-corrected chi connectivity index (χ4v) is 9.64. The molecule has 0 aromatic rings. The second-order valence-corrected chi connectivity index (χ2v) is 20.9. The van der Waals surface area contributed by atoms with Crippen LogP contribution in [0.15, 0.2) is 72.9 Å². The highest BCUT2D eigenvalue weighted by Crippen LogP contribution is 2.49. The summed E-state index contributed by atoms with van der Waals surface area (Å²) in [5.41, 5.74) is 0. The highest BCUT2D eigenvalue weighted by molar-refractivity contribution is 7.47. The second-order valence-electron chi connectivity index (χ2n) is 18.3. The fourth-order valence-electron chi connectivity index (χ4n) is 8.11. The summed E-state index contributed by atoms with van der Waals surface area (Å²) < 4.78 is 52.0. The van der Waals surface area contributed by atoms with Crippen molar-refractivity contribution in [3.8, 4) is 0 Å². The summed E-state index contributed by atoms with van der Waals surface area (Å²) in [7, 11) is -11.5. The van der Waals surface area contributed by atoms with Crippen LogP contribution in [-0.2, 0) is 46.6 Å². The molecule has 2 fully saturated rings. The van der Waals surface area contributed by atoms with E-state index in [1.165, 1.54) is 19.3 Å². The van der Waals surface area contributed by atoms with Crippen LogP contribution in [-0.4, -0.2) is 131 Å². The number of phosphoric ester groups is 2. The number of hydrogen-bond acceptors (Lipinski definition) is 16. The highest BCUT2D eigenvalue weighted by atomic mass is 31.2. The lowest BCUT2D eigenvalue weighted by molar-refractivity contribution is -0.165. The number of aliphatic hydroxyl groups excluding tert-OH is 6. The first kappa shape index (κ1) is 65.1. The van der Waals surface area contributed by atoms with E-state index in [9.17, 15) is 68.8 Å². The van der Waals surface area contributed by atoms with E-state index in [0.717, 1.165) is 50.7 Å². The van der Waals surface area contributed by atoms with Gasteiger partial charge in [-0.2, -0.15) is 0 Å². The minimum absolute atomic E-state index is 0.0698. The van der Waals surface area contributed by atoms with Gasteiger partial charge in [-0.3, -0.25) is 28.0 Å². The van der Waals surface area contributed by atoms with Crippen LogP contribution in [0, 0.1) is 11.8 Å². The number of esters is 2. The molecule has 1 aliphatic heterocycles. The molecule has 0 spiro atoms. The largest absolute Gasteiger partial charge is 0.472 e. The van der Waals surface area contributed by atoms with Gasteiger partial charge in [0.1, 0.15) is 36.8 Å². The maximum Gasteiger partial charge on any atom is 0.472 e. The van der Waals surface area contributed by atoms with E-state index in [4.69, 9.17) is 23.0 Å². The maximum absolute atomic E-state index is 13.9. The molecule has 0 aromatic heterocycles. The number of fused-ring (bicyclic) bond motifs is 4. The molecule has 1 unspecified atom stereocenters. The third kappa shape index (κ3) is 28.1. The molecular weight excluding hydrogens is 978 g/mol. The summed E-state index contributed by atoms with van der Waals surface area (Å²) in [6.45, 7) is 2.48. The topological polar surface area (TPSA) is 314 Å². The Labute approximate surface area is 425 Å². The van der Waals surface area contributed by atoms with E-state index in [0.29, 0.717) is 32.1 Å². The summed E-state index contributed by atoms with van der Waals surface area (Å²) in [4.78, 5) is 70.6. The van der Waals surface area contributed by atoms with Crippen LogP contribution in [0.1, 0.15) is 149 Å². The zero-order chi connectivity index (χ0) is 53.4. The van der Waals surface area contributed by atoms with Crippen molar-refractivity contribution in [3.05, 3.63) is 72.9 Å². The van der Waals surface area contributed by atoms with E-state index in [2.05, 4.69) is 43.4 Å². The Hall–Kier alpha value is -2.97. The van der Waals surface area contributed by atoms with Gasteiger partial charge in [0.2, 0.25) is 0 Å². The fraction of sp³-hybridized carbons (Fsp3) is 0.706. The number of unbranched alkanes of at least 4 members (excludes halogenated alkanes) is 5. The Kier molecular flexibility index (Phi) is 33.4. The molecule has 1 heterocycles. The van der Waals surface area contributed by atoms with Crippen LogP contribution in [0.2, 0.25) is 0 Å². The monoisotopic (exact) mass is 1060 g/mol. The number of carbonyl (C=O) groups excluding carboxylic acids is 3. The molecule has 0 amide bonds. The van der Waals surface area contributed by atoms with Crippen LogP contribution in [0.25, 0.3) is 0 Å². The Balaban J connectivity index is 2.24. The molecular formula is C51H84O19P2.